The van der Waals surface area contributed by atoms with Crippen molar-refractivity contribution < 1.29 is 4.79 Å². The van der Waals surface area contributed by atoms with Gasteiger partial charge < -0.3 is 4.90 Å². The lowest BCUT2D eigenvalue weighted by atomic mass is 10.0. The quantitative estimate of drug-likeness (QED) is 0.717. The van der Waals surface area contributed by atoms with Gasteiger partial charge in [-0.3, -0.25) is 4.79 Å². The molecule has 2 unspecified atom stereocenters. The van der Waals surface area contributed by atoms with Gasteiger partial charge in [0.1, 0.15) is 0 Å². The fraction of sp³-hybridized carbons (Fsp3) is 0.474. The van der Waals surface area contributed by atoms with Crippen LogP contribution in [0.1, 0.15) is 59.0 Å². The van der Waals surface area contributed by atoms with Gasteiger partial charge >= 0.3 is 0 Å². The summed E-state index contributed by atoms with van der Waals surface area (Å²) in [6, 6.07) is 3.79. The fourth-order valence-electron chi connectivity index (χ4n) is 3.13. The number of nitrogens with zero attached hydrogens (tertiary/aromatic N) is 5. The van der Waals surface area contributed by atoms with Crippen LogP contribution in [0.25, 0.3) is 6.20 Å². The topological polar surface area (TPSA) is 63.9 Å². The highest BCUT2D eigenvalue weighted by molar-refractivity contribution is 7.13. The Kier molecular flexibility index (Phi) is 5.98. The summed E-state index contributed by atoms with van der Waals surface area (Å²) >= 11 is 1.54. The summed E-state index contributed by atoms with van der Waals surface area (Å²) in [5, 5.41) is 12.8. The van der Waals surface area contributed by atoms with Crippen molar-refractivity contribution in [3.63, 3.8) is 0 Å². The number of rotatable bonds is 6. The third kappa shape index (κ3) is 4.27. The van der Waals surface area contributed by atoms with E-state index in [9.17, 15) is 4.79 Å². The number of tetrazole rings is 1. The molecule has 0 radical (unpaired) electrons. The molecule has 0 aromatic carbocycles. The second kappa shape index (κ2) is 8.40. The van der Waals surface area contributed by atoms with Crippen LogP contribution in [-0.4, -0.2) is 37.6 Å². The zero-order valence-electron chi connectivity index (χ0n) is 15.3. The molecular weight excluding hydrogens is 346 g/mol. The highest BCUT2D eigenvalue weighted by Gasteiger charge is 2.32. The molecule has 2 aromatic heterocycles. The average molecular weight is 372 g/mol. The summed E-state index contributed by atoms with van der Waals surface area (Å²) in [7, 11) is 0. The smallest absolute Gasteiger partial charge is 0.264 e. The van der Waals surface area contributed by atoms with Crippen LogP contribution in [0.5, 0.6) is 0 Å². The first-order valence-electron chi connectivity index (χ1n) is 9.04. The third-order valence-corrected chi connectivity index (χ3v) is 5.53. The monoisotopic (exact) mass is 371 g/mol. The number of piperidine rings is 1. The van der Waals surface area contributed by atoms with Crippen molar-refractivity contribution in [2.45, 2.75) is 45.6 Å². The van der Waals surface area contributed by atoms with Crippen LogP contribution >= 0.6 is 11.3 Å². The maximum Gasteiger partial charge on any atom is 0.264 e. The Morgan fingerprint density at radius 3 is 3.04 bits per heavy atom. The number of carbonyl (C=O) groups is 1. The maximum atomic E-state index is 12.9. The first kappa shape index (κ1) is 18.5. The average Bonchev–Trinajstić information content (AvgIpc) is 3.29. The van der Waals surface area contributed by atoms with Crippen molar-refractivity contribution in [1.82, 2.24) is 25.1 Å². The lowest BCUT2D eigenvalue weighted by Crippen LogP contribution is -2.38. The van der Waals surface area contributed by atoms with Gasteiger partial charge in [0.25, 0.3) is 5.91 Å². The number of allylic oxidation sites excluding steroid dienone is 2. The lowest BCUT2D eigenvalue weighted by molar-refractivity contribution is 0.0605. The van der Waals surface area contributed by atoms with Gasteiger partial charge in [-0.1, -0.05) is 19.1 Å². The molecule has 26 heavy (non-hydrogen) atoms. The van der Waals surface area contributed by atoms with E-state index in [0.717, 1.165) is 42.0 Å². The van der Waals surface area contributed by atoms with Crippen molar-refractivity contribution in [3.05, 3.63) is 46.4 Å². The largest absolute Gasteiger partial charge is 0.328 e. The SMILES string of the molecule is C=CCC(C)/C=C/n1nnc(C2CCCCN2C(=O)c2ccc(C)s2)n1. The summed E-state index contributed by atoms with van der Waals surface area (Å²) in [6.07, 6.45) is 9.61. The predicted molar refractivity (Wildman–Crippen MR) is 104 cm³/mol. The Bertz CT molecular complexity index is 793. The first-order valence-corrected chi connectivity index (χ1v) is 9.86. The molecule has 3 rings (SSSR count). The first-order chi connectivity index (χ1) is 12.6. The number of aromatic nitrogens is 4. The maximum absolute atomic E-state index is 12.9. The van der Waals surface area contributed by atoms with E-state index < -0.39 is 0 Å². The zero-order valence-corrected chi connectivity index (χ0v) is 16.2. The van der Waals surface area contributed by atoms with Gasteiger partial charge in [0, 0.05) is 17.6 Å². The zero-order chi connectivity index (χ0) is 18.5. The van der Waals surface area contributed by atoms with Crippen molar-refractivity contribution in [1.29, 1.82) is 0 Å². The number of hydrogen-bond donors (Lipinski definition) is 0. The summed E-state index contributed by atoms with van der Waals surface area (Å²) in [6.45, 7) is 8.62. The Labute approximate surface area is 158 Å². The summed E-state index contributed by atoms with van der Waals surface area (Å²) < 4.78 is 0. The highest BCUT2D eigenvalue weighted by atomic mass is 32.1. The van der Waals surface area contributed by atoms with Gasteiger partial charge in [-0.25, -0.2) is 0 Å². The molecule has 0 saturated carbocycles. The molecule has 7 heteroatoms. The molecule has 1 amide bonds. The Balaban J connectivity index is 1.76. The minimum absolute atomic E-state index is 0.0688. The van der Waals surface area contributed by atoms with Crippen molar-refractivity contribution in [2.75, 3.05) is 6.54 Å². The molecule has 1 fully saturated rings. The van der Waals surface area contributed by atoms with E-state index in [0.29, 0.717) is 11.7 Å². The number of amides is 1. The van der Waals surface area contributed by atoms with Gasteiger partial charge in [-0.05, 0) is 55.9 Å². The number of carbonyl (C=O) groups excluding carboxylic acids is 1. The van der Waals surface area contributed by atoms with Crippen molar-refractivity contribution in [3.8, 4) is 0 Å². The number of aryl methyl sites for hydroxylation is 1. The molecule has 138 valence electrons. The van der Waals surface area contributed by atoms with Crippen LogP contribution in [0, 0.1) is 12.8 Å². The van der Waals surface area contributed by atoms with Crippen LogP contribution in [0.4, 0.5) is 0 Å². The molecule has 1 aliphatic rings. The molecule has 0 spiro atoms. The van der Waals surface area contributed by atoms with Crippen molar-refractivity contribution >= 4 is 23.4 Å². The molecular formula is C19H25N5OS. The summed E-state index contributed by atoms with van der Waals surface area (Å²) in [5.74, 6) is 1.06. The van der Waals surface area contributed by atoms with E-state index in [1.807, 2.05) is 42.3 Å². The molecule has 6 nitrogen and oxygen atoms in total. The summed E-state index contributed by atoms with van der Waals surface area (Å²) in [4.78, 5) is 18.2. The van der Waals surface area contributed by atoms with Gasteiger partial charge in [0.2, 0.25) is 0 Å². The fourth-order valence-corrected chi connectivity index (χ4v) is 3.96. The number of likely N-dealkylation sites (tertiary alicyclic amines) is 1. The number of hydrogen-bond acceptors (Lipinski definition) is 5. The van der Waals surface area contributed by atoms with Gasteiger partial charge in [-0.15, -0.1) is 32.9 Å². The standard InChI is InChI=1S/C19H25N5OS/c1-4-7-14(2)11-13-24-21-18(20-22-24)16-8-5-6-12-23(16)19(25)17-10-9-15(3)26-17/h4,9-11,13-14,16H,1,5-8,12H2,2-3H3/b13-11+. The Hall–Kier alpha value is -2.28. The van der Waals surface area contributed by atoms with E-state index in [4.69, 9.17) is 0 Å². The molecule has 1 aliphatic heterocycles. The van der Waals surface area contributed by atoms with Crippen molar-refractivity contribution in [2.24, 2.45) is 5.92 Å². The molecule has 1 saturated heterocycles. The van der Waals surface area contributed by atoms with Gasteiger partial charge in [-0.2, -0.15) is 0 Å². The predicted octanol–water partition coefficient (Wildman–Crippen LogP) is 4.09. The molecule has 0 N–H and O–H groups in total. The Morgan fingerprint density at radius 2 is 2.31 bits per heavy atom. The number of thiophene rings is 1. The lowest BCUT2D eigenvalue weighted by Gasteiger charge is -2.33. The van der Waals surface area contributed by atoms with Crippen LogP contribution in [0.2, 0.25) is 0 Å². The molecule has 2 atom stereocenters. The Morgan fingerprint density at radius 1 is 1.46 bits per heavy atom. The summed E-state index contributed by atoms with van der Waals surface area (Å²) in [5.41, 5.74) is 0. The van der Waals surface area contributed by atoms with E-state index in [1.165, 1.54) is 16.1 Å². The minimum atomic E-state index is -0.105. The molecule has 0 aliphatic carbocycles. The van der Waals surface area contributed by atoms with E-state index in [1.54, 1.807) is 0 Å². The second-order valence-electron chi connectivity index (χ2n) is 6.73. The third-order valence-electron chi connectivity index (χ3n) is 4.54. The van der Waals surface area contributed by atoms with Crippen LogP contribution in [-0.2, 0) is 0 Å². The van der Waals surface area contributed by atoms with E-state index >= 15 is 0 Å². The minimum Gasteiger partial charge on any atom is -0.328 e. The highest BCUT2D eigenvalue weighted by Crippen LogP contribution is 2.31. The second-order valence-corrected chi connectivity index (χ2v) is 8.02. The van der Waals surface area contributed by atoms with Crippen LogP contribution in [0.15, 0.2) is 30.9 Å². The van der Waals surface area contributed by atoms with E-state index in [-0.39, 0.29) is 11.9 Å². The van der Waals surface area contributed by atoms with Gasteiger partial charge in [0.05, 0.1) is 10.9 Å². The normalized spacial score (nSPS) is 19.0. The van der Waals surface area contributed by atoms with Crippen LogP contribution in [0.3, 0.4) is 0 Å². The molecule has 0 bridgehead atoms. The van der Waals surface area contributed by atoms with Crippen LogP contribution < -0.4 is 0 Å². The van der Waals surface area contributed by atoms with Gasteiger partial charge in [0.15, 0.2) is 5.82 Å². The van der Waals surface area contributed by atoms with E-state index in [2.05, 4.69) is 28.9 Å². The molecule has 3 heterocycles. The molecule has 2 aromatic rings.